The summed E-state index contributed by atoms with van der Waals surface area (Å²) in [5, 5.41) is 7.37. The average Bonchev–Trinajstić information content (AvgIpc) is 3.39. The van der Waals surface area contributed by atoms with E-state index in [2.05, 4.69) is 10.4 Å². The number of carbonyl (C=O) groups is 2. The molecule has 0 spiro atoms. The summed E-state index contributed by atoms with van der Waals surface area (Å²) >= 11 is 0. The van der Waals surface area contributed by atoms with Crippen molar-refractivity contribution in [3.63, 3.8) is 0 Å². The quantitative estimate of drug-likeness (QED) is 0.608. The largest absolute Gasteiger partial charge is 0.444 e. The molecule has 0 bridgehead atoms. The number of nitrogens with zero attached hydrogens (tertiary/aromatic N) is 4. The number of nitrogens with one attached hydrogen (secondary N) is 1. The average molecular weight is 478 g/mol. The number of amides is 2. The van der Waals surface area contributed by atoms with Crippen LogP contribution in [-0.4, -0.2) is 49.8 Å². The van der Waals surface area contributed by atoms with Crippen LogP contribution in [0.15, 0.2) is 53.5 Å². The van der Waals surface area contributed by atoms with E-state index in [-0.39, 0.29) is 18.5 Å². The standard InChI is InChI=1S/C26H31N5O4/c1-17-8-10-19(11-9-17)18(2)27-22(32)16-31-24(33)30-13-6-7-21(23(30)28-31)20-12-14-29(15-20)25(34)35-26(3,4)5/h6-13,18H,14-16H2,1-5H3,(H,27,32)/t18-/m0/s1. The number of ether oxygens (including phenoxy) is 1. The second-order valence-electron chi connectivity index (χ2n) is 9.85. The first kappa shape index (κ1) is 24.3. The van der Waals surface area contributed by atoms with Gasteiger partial charge >= 0.3 is 11.8 Å². The Bertz CT molecular complexity index is 1340. The van der Waals surface area contributed by atoms with Crippen LogP contribution in [0.5, 0.6) is 0 Å². The van der Waals surface area contributed by atoms with Crippen LogP contribution in [0.4, 0.5) is 4.79 Å². The van der Waals surface area contributed by atoms with Gasteiger partial charge in [-0.3, -0.25) is 4.79 Å². The van der Waals surface area contributed by atoms with Gasteiger partial charge in [-0.2, -0.15) is 0 Å². The van der Waals surface area contributed by atoms with Crippen molar-refractivity contribution in [2.75, 3.05) is 13.1 Å². The van der Waals surface area contributed by atoms with Crippen LogP contribution < -0.4 is 11.0 Å². The molecule has 0 fully saturated rings. The van der Waals surface area contributed by atoms with Crippen molar-refractivity contribution < 1.29 is 14.3 Å². The van der Waals surface area contributed by atoms with Crippen LogP contribution in [0, 0.1) is 6.92 Å². The highest BCUT2D eigenvalue weighted by atomic mass is 16.6. The number of rotatable bonds is 5. The molecule has 35 heavy (non-hydrogen) atoms. The fourth-order valence-corrected chi connectivity index (χ4v) is 3.97. The van der Waals surface area contributed by atoms with Gasteiger partial charge in [0, 0.05) is 24.8 Å². The number of fused-ring (bicyclic) bond motifs is 1. The Balaban J connectivity index is 1.50. The number of pyridine rings is 1. The van der Waals surface area contributed by atoms with Gasteiger partial charge in [0.2, 0.25) is 5.91 Å². The van der Waals surface area contributed by atoms with Crippen LogP contribution in [-0.2, 0) is 16.1 Å². The maximum atomic E-state index is 12.9. The van der Waals surface area contributed by atoms with Gasteiger partial charge < -0.3 is 15.0 Å². The molecule has 3 aromatic rings. The second-order valence-corrected chi connectivity index (χ2v) is 9.85. The molecule has 1 aliphatic heterocycles. The maximum Gasteiger partial charge on any atom is 0.410 e. The van der Waals surface area contributed by atoms with E-state index < -0.39 is 17.4 Å². The minimum Gasteiger partial charge on any atom is -0.444 e. The predicted octanol–water partition coefficient (Wildman–Crippen LogP) is 3.32. The number of hydrogen-bond acceptors (Lipinski definition) is 5. The minimum absolute atomic E-state index is 0.195. The molecule has 2 aromatic heterocycles. The Kier molecular flexibility index (Phi) is 6.51. The van der Waals surface area contributed by atoms with Crippen LogP contribution in [0.3, 0.4) is 0 Å². The Hall–Kier alpha value is -3.88. The van der Waals surface area contributed by atoms with Crippen LogP contribution in [0.1, 0.15) is 50.4 Å². The van der Waals surface area contributed by atoms with E-state index in [0.717, 1.165) is 26.9 Å². The van der Waals surface area contributed by atoms with Crippen LogP contribution >= 0.6 is 0 Å². The first-order valence-corrected chi connectivity index (χ1v) is 11.6. The van der Waals surface area contributed by atoms with E-state index in [9.17, 15) is 14.4 Å². The predicted molar refractivity (Wildman–Crippen MR) is 133 cm³/mol. The molecule has 0 radical (unpaired) electrons. The molecule has 1 atom stereocenters. The third kappa shape index (κ3) is 5.45. The lowest BCUT2D eigenvalue weighted by molar-refractivity contribution is -0.122. The van der Waals surface area contributed by atoms with E-state index in [1.54, 1.807) is 17.2 Å². The highest BCUT2D eigenvalue weighted by Crippen LogP contribution is 2.25. The van der Waals surface area contributed by atoms with Crippen molar-refractivity contribution in [3.8, 4) is 0 Å². The molecule has 184 valence electrons. The Morgan fingerprint density at radius 2 is 1.89 bits per heavy atom. The van der Waals surface area contributed by atoms with Gasteiger partial charge in [-0.05, 0) is 57.9 Å². The maximum absolute atomic E-state index is 12.9. The van der Waals surface area contributed by atoms with E-state index in [0.29, 0.717) is 18.7 Å². The van der Waals surface area contributed by atoms with Crippen molar-refractivity contribution >= 4 is 23.2 Å². The zero-order chi connectivity index (χ0) is 25.3. The zero-order valence-corrected chi connectivity index (χ0v) is 20.7. The van der Waals surface area contributed by atoms with Gasteiger partial charge in [0.05, 0.1) is 6.04 Å². The summed E-state index contributed by atoms with van der Waals surface area (Å²) in [6.45, 7) is 9.95. The molecule has 0 aliphatic carbocycles. The summed E-state index contributed by atoms with van der Waals surface area (Å²) in [7, 11) is 0. The van der Waals surface area contributed by atoms with Gasteiger partial charge in [-0.1, -0.05) is 35.9 Å². The number of aryl methyl sites for hydroxylation is 1. The zero-order valence-electron chi connectivity index (χ0n) is 20.7. The summed E-state index contributed by atoms with van der Waals surface area (Å²) < 4.78 is 8.05. The first-order valence-electron chi connectivity index (χ1n) is 11.6. The smallest absolute Gasteiger partial charge is 0.410 e. The molecule has 2 amide bonds. The molecule has 9 nitrogen and oxygen atoms in total. The molecule has 0 saturated carbocycles. The number of aromatic nitrogens is 3. The number of hydrogen-bond donors (Lipinski definition) is 1. The lowest BCUT2D eigenvalue weighted by Gasteiger charge is -2.24. The highest BCUT2D eigenvalue weighted by molar-refractivity contribution is 5.82. The normalized spacial score (nSPS) is 14.7. The van der Waals surface area contributed by atoms with Gasteiger partial charge in [0.1, 0.15) is 12.1 Å². The molecule has 0 saturated heterocycles. The molecule has 9 heteroatoms. The Morgan fingerprint density at radius 3 is 2.57 bits per heavy atom. The van der Waals surface area contributed by atoms with Crippen molar-refractivity contribution in [1.29, 1.82) is 0 Å². The molecule has 1 aromatic carbocycles. The van der Waals surface area contributed by atoms with Crippen molar-refractivity contribution in [2.45, 2.75) is 52.8 Å². The molecule has 0 unspecified atom stereocenters. The molecule has 3 heterocycles. The second kappa shape index (κ2) is 9.40. The fourth-order valence-electron chi connectivity index (χ4n) is 3.97. The fraction of sp³-hybridized carbons (Fsp3) is 0.385. The summed E-state index contributed by atoms with van der Waals surface area (Å²) in [5.41, 5.74) is 3.20. The van der Waals surface area contributed by atoms with Gasteiger partial charge in [0.15, 0.2) is 5.65 Å². The topological polar surface area (TPSA) is 97.9 Å². The Morgan fingerprint density at radius 1 is 1.17 bits per heavy atom. The molecule has 1 N–H and O–H groups in total. The van der Waals surface area contributed by atoms with Gasteiger partial charge in [-0.15, -0.1) is 5.10 Å². The SMILES string of the molecule is Cc1ccc([C@H](C)NC(=O)Cn2nc3c(C4=CCN(C(=O)OC(C)(C)C)C4)cccn3c2=O)cc1. The lowest BCUT2D eigenvalue weighted by Crippen LogP contribution is -2.35. The monoisotopic (exact) mass is 477 g/mol. The van der Waals surface area contributed by atoms with Crippen molar-refractivity contribution in [2.24, 2.45) is 0 Å². The van der Waals surface area contributed by atoms with Crippen LogP contribution in [0.25, 0.3) is 11.2 Å². The third-order valence-corrected chi connectivity index (χ3v) is 5.77. The van der Waals surface area contributed by atoms with Gasteiger partial charge in [-0.25, -0.2) is 18.7 Å². The van der Waals surface area contributed by atoms with E-state index >= 15 is 0 Å². The molecule has 4 rings (SSSR count). The molecular formula is C26H31N5O4. The van der Waals surface area contributed by atoms with Crippen molar-refractivity contribution in [3.05, 3.63) is 75.8 Å². The summed E-state index contributed by atoms with van der Waals surface area (Å²) in [4.78, 5) is 39.6. The third-order valence-electron chi connectivity index (χ3n) is 5.77. The van der Waals surface area contributed by atoms with Crippen molar-refractivity contribution in [1.82, 2.24) is 24.4 Å². The van der Waals surface area contributed by atoms with Gasteiger partial charge in [0.25, 0.3) is 0 Å². The Labute approximate surface area is 204 Å². The summed E-state index contributed by atoms with van der Waals surface area (Å²) in [6.07, 6.45) is 3.16. The molecule has 1 aliphatic rings. The number of benzene rings is 1. The van der Waals surface area contributed by atoms with Crippen LogP contribution in [0.2, 0.25) is 0 Å². The summed E-state index contributed by atoms with van der Waals surface area (Å²) in [5.74, 6) is -0.304. The first-order chi connectivity index (χ1) is 16.5. The minimum atomic E-state index is -0.580. The van der Waals surface area contributed by atoms with E-state index in [1.165, 1.54) is 4.40 Å². The molecular weight excluding hydrogens is 446 g/mol. The number of carbonyl (C=O) groups excluding carboxylic acids is 2. The van der Waals surface area contributed by atoms with E-state index in [1.807, 2.05) is 71.0 Å². The van der Waals surface area contributed by atoms with E-state index in [4.69, 9.17) is 4.74 Å². The lowest BCUT2D eigenvalue weighted by atomic mass is 10.1. The summed E-state index contributed by atoms with van der Waals surface area (Å²) in [6, 6.07) is 11.3. The highest BCUT2D eigenvalue weighted by Gasteiger charge is 2.27.